The van der Waals surface area contributed by atoms with E-state index >= 15 is 0 Å². The number of anilines is 2. The molecule has 1 saturated heterocycles. The second-order valence-corrected chi connectivity index (χ2v) is 7.67. The highest BCUT2D eigenvalue weighted by molar-refractivity contribution is 7.14. The highest BCUT2D eigenvalue weighted by Crippen LogP contribution is 2.30. The smallest absolute Gasteiger partial charge is 0.255 e. The standard InChI is InChI=1S/C22H23N3O2S/c1-27-19-10-6-8-17(14-19)21(26)23-18-9-5-7-16(13-18)20-15-28-22(24-20)25-11-3-2-4-12-25/h5-10,13-15H,2-4,11-12H2,1H3,(H,23,26). The summed E-state index contributed by atoms with van der Waals surface area (Å²) in [5.41, 5.74) is 3.26. The molecule has 0 aliphatic carbocycles. The first kappa shape index (κ1) is 18.5. The zero-order valence-electron chi connectivity index (χ0n) is 15.9. The van der Waals surface area contributed by atoms with Gasteiger partial charge in [-0.3, -0.25) is 4.79 Å². The van der Waals surface area contributed by atoms with Crippen molar-refractivity contribution >= 4 is 28.1 Å². The summed E-state index contributed by atoms with van der Waals surface area (Å²) in [5, 5.41) is 6.13. The number of thiazole rings is 1. The van der Waals surface area contributed by atoms with Crippen LogP contribution in [0, 0.1) is 0 Å². The van der Waals surface area contributed by atoms with Crippen molar-refractivity contribution < 1.29 is 9.53 Å². The maximum atomic E-state index is 12.6. The van der Waals surface area contributed by atoms with Crippen molar-refractivity contribution in [1.29, 1.82) is 0 Å². The molecule has 28 heavy (non-hydrogen) atoms. The van der Waals surface area contributed by atoms with Gasteiger partial charge < -0.3 is 15.0 Å². The fourth-order valence-corrected chi connectivity index (χ4v) is 4.24. The molecule has 3 aromatic rings. The van der Waals surface area contributed by atoms with Crippen LogP contribution in [0.5, 0.6) is 5.75 Å². The number of benzene rings is 2. The van der Waals surface area contributed by atoms with E-state index in [9.17, 15) is 4.79 Å². The molecule has 0 radical (unpaired) electrons. The molecule has 0 unspecified atom stereocenters. The molecule has 2 aromatic carbocycles. The van der Waals surface area contributed by atoms with E-state index < -0.39 is 0 Å². The average Bonchev–Trinajstić information content (AvgIpc) is 3.25. The van der Waals surface area contributed by atoms with Gasteiger partial charge in [-0.05, 0) is 49.6 Å². The van der Waals surface area contributed by atoms with Crippen LogP contribution in [0.3, 0.4) is 0 Å². The maximum Gasteiger partial charge on any atom is 0.255 e. The molecule has 0 saturated carbocycles. The first-order valence-electron chi connectivity index (χ1n) is 9.49. The molecular formula is C22H23N3O2S. The lowest BCUT2D eigenvalue weighted by Gasteiger charge is -2.25. The lowest BCUT2D eigenvalue weighted by Crippen LogP contribution is -2.29. The van der Waals surface area contributed by atoms with Gasteiger partial charge in [-0.25, -0.2) is 4.98 Å². The molecule has 1 fully saturated rings. The predicted octanol–water partition coefficient (Wildman–Crippen LogP) is 5.06. The summed E-state index contributed by atoms with van der Waals surface area (Å²) in [6, 6.07) is 14.9. The number of nitrogens with one attached hydrogen (secondary N) is 1. The summed E-state index contributed by atoms with van der Waals surface area (Å²) < 4.78 is 5.19. The molecule has 2 heterocycles. The first-order chi connectivity index (χ1) is 13.7. The number of nitrogens with zero attached hydrogens (tertiary/aromatic N) is 2. The van der Waals surface area contributed by atoms with Crippen LogP contribution in [0.15, 0.2) is 53.9 Å². The van der Waals surface area contributed by atoms with Crippen molar-refractivity contribution in [2.24, 2.45) is 0 Å². The van der Waals surface area contributed by atoms with Gasteiger partial charge >= 0.3 is 0 Å². The van der Waals surface area contributed by atoms with Gasteiger partial charge in [-0.1, -0.05) is 18.2 Å². The molecule has 1 aliphatic rings. The van der Waals surface area contributed by atoms with Crippen molar-refractivity contribution in [3.05, 3.63) is 59.5 Å². The van der Waals surface area contributed by atoms with Gasteiger partial charge in [0.2, 0.25) is 0 Å². The van der Waals surface area contributed by atoms with E-state index in [2.05, 4.69) is 15.6 Å². The number of rotatable bonds is 5. The Morgan fingerprint density at radius 1 is 1.11 bits per heavy atom. The highest BCUT2D eigenvalue weighted by Gasteiger charge is 2.15. The van der Waals surface area contributed by atoms with Crippen molar-refractivity contribution in [3.63, 3.8) is 0 Å². The number of ether oxygens (including phenoxy) is 1. The second-order valence-electron chi connectivity index (χ2n) is 6.83. The van der Waals surface area contributed by atoms with Gasteiger partial charge in [-0.2, -0.15) is 0 Å². The van der Waals surface area contributed by atoms with Crippen molar-refractivity contribution in [1.82, 2.24) is 4.98 Å². The molecule has 5 nitrogen and oxygen atoms in total. The van der Waals surface area contributed by atoms with E-state index in [4.69, 9.17) is 9.72 Å². The minimum atomic E-state index is -0.164. The molecule has 1 amide bonds. The lowest BCUT2D eigenvalue weighted by atomic mass is 10.1. The molecule has 1 aliphatic heterocycles. The third-order valence-corrected chi connectivity index (χ3v) is 5.77. The number of piperidine rings is 1. The third kappa shape index (κ3) is 4.17. The number of methoxy groups -OCH3 is 1. The van der Waals surface area contributed by atoms with Crippen LogP contribution in [0.25, 0.3) is 11.3 Å². The number of hydrogen-bond acceptors (Lipinski definition) is 5. The SMILES string of the molecule is COc1cccc(C(=O)Nc2cccc(-c3csc(N4CCCCC4)n3)c2)c1. The highest BCUT2D eigenvalue weighted by atomic mass is 32.1. The number of aromatic nitrogens is 1. The minimum absolute atomic E-state index is 0.164. The summed E-state index contributed by atoms with van der Waals surface area (Å²) in [7, 11) is 1.59. The van der Waals surface area contributed by atoms with E-state index in [1.54, 1.807) is 30.6 Å². The van der Waals surface area contributed by atoms with E-state index in [0.717, 1.165) is 35.2 Å². The maximum absolute atomic E-state index is 12.6. The number of carbonyl (C=O) groups excluding carboxylic acids is 1. The second kappa shape index (κ2) is 8.44. The Hall–Kier alpha value is -2.86. The van der Waals surface area contributed by atoms with Gasteiger partial charge in [0.15, 0.2) is 5.13 Å². The normalized spacial score (nSPS) is 14.0. The van der Waals surface area contributed by atoms with Gasteiger partial charge in [0, 0.05) is 35.3 Å². The summed E-state index contributed by atoms with van der Waals surface area (Å²) in [4.78, 5) is 19.7. The largest absolute Gasteiger partial charge is 0.497 e. The predicted molar refractivity (Wildman–Crippen MR) is 115 cm³/mol. The molecule has 1 N–H and O–H groups in total. The number of carbonyl (C=O) groups is 1. The Morgan fingerprint density at radius 3 is 2.75 bits per heavy atom. The van der Waals surface area contributed by atoms with Gasteiger partial charge in [0.05, 0.1) is 12.8 Å². The van der Waals surface area contributed by atoms with Crippen LogP contribution in [-0.4, -0.2) is 31.1 Å². The Bertz CT molecular complexity index is 964. The Morgan fingerprint density at radius 2 is 1.93 bits per heavy atom. The van der Waals surface area contributed by atoms with Crippen LogP contribution < -0.4 is 15.0 Å². The summed E-state index contributed by atoms with van der Waals surface area (Å²) in [6.45, 7) is 2.17. The van der Waals surface area contributed by atoms with Gasteiger partial charge in [-0.15, -0.1) is 11.3 Å². The monoisotopic (exact) mass is 393 g/mol. The van der Waals surface area contributed by atoms with Crippen LogP contribution in [0.1, 0.15) is 29.6 Å². The Balaban J connectivity index is 1.50. The minimum Gasteiger partial charge on any atom is -0.497 e. The van der Waals surface area contributed by atoms with Crippen molar-refractivity contribution in [3.8, 4) is 17.0 Å². The fourth-order valence-electron chi connectivity index (χ4n) is 3.35. The van der Waals surface area contributed by atoms with Crippen LogP contribution in [-0.2, 0) is 0 Å². The lowest BCUT2D eigenvalue weighted by molar-refractivity contribution is 0.102. The van der Waals surface area contributed by atoms with E-state index in [1.165, 1.54) is 19.3 Å². The van der Waals surface area contributed by atoms with Crippen molar-refractivity contribution in [2.75, 3.05) is 30.4 Å². The average molecular weight is 394 g/mol. The topological polar surface area (TPSA) is 54.5 Å². The molecule has 0 bridgehead atoms. The number of hydrogen-bond donors (Lipinski definition) is 1. The molecule has 4 rings (SSSR count). The van der Waals surface area contributed by atoms with E-state index in [-0.39, 0.29) is 5.91 Å². The Kier molecular flexibility index (Phi) is 5.58. The summed E-state index contributed by atoms with van der Waals surface area (Å²) >= 11 is 1.69. The van der Waals surface area contributed by atoms with Crippen LogP contribution >= 0.6 is 11.3 Å². The van der Waals surface area contributed by atoms with Crippen LogP contribution in [0.2, 0.25) is 0 Å². The summed E-state index contributed by atoms with van der Waals surface area (Å²) in [5.74, 6) is 0.498. The number of amides is 1. The van der Waals surface area contributed by atoms with E-state index in [0.29, 0.717) is 11.3 Å². The molecule has 0 atom stereocenters. The molecule has 6 heteroatoms. The summed E-state index contributed by atoms with van der Waals surface area (Å²) in [6.07, 6.45) is 3.78. The Labute approximate surface area is 169 Å². The third-order valence-electron chi connectivity index (χ3n) is 4.87. The molecule has 0 spiro atoms. The quantitative estimate of drug-likeness (QED) is 0.658. The zero-order valence-corrected chi connectivity index (χ0v) is 16.7. The molecule has 1 aromatic heterocycles. The zero-order chi connectivity index (χ0) is 19.3. The van der Waals surface area contributed by atoms with Gasteiger partial charge in [0.25, 0.3) is 5.91 Å². The molecule has 144 valence electrons. The van der Waals surface area contributed by atoms with Gasteiger partial charge in [0.1, 0.15) is 5.75 Å². The fraction of sp³-hybridized carbons (Fsp3) is 0.273. The first-order valence-corrected chi connectivity index (χ1v) is 10.4. The molecular weight excluding hydrogens is 370 g/mol. The van der Waals surface area contributed by atoms with Crippen LogP contribution in [0.4, 0.5) is 10.8 Å². The van der Waals surface area contributed by atoms with Crippen molar-refractivity contribution in [2.45, 2.75) is 19.3 Å². The van der Waals surface area contributed by atoms with E-state index in [1.807, 2.05) is 36.4 Å².